The van der Waals surface area contributed by atoms with Gasteiger partial charge in [-0.1, -0.05) is 13.0 Å². The van der Waals surface area contributed by atoms with Gasteiger partial charge in [-0.3, -0.25) is 4.98 Å². The maximum absolute atomic E-state index is 5.94. The van der Waals surface area contributed by atoms with Gasteiger partial charge in [0.1, 0.15) is 11.5 Å². The molecule has 106 valence electrons. The van der Waals surface area contributed by atoms with E-state index in [1.165, 1.54) is 0 Å². The Kier molecular flexibility index (Phi) is 4.58. The van der Waals surface area contributed by atoms with Crippen molar-refractivity contribution in [2.45, 2.75) is 19.4 Å². The molecule has 0 aliphatic rings. The predicted molar refractivity (Wildman–Crippen MR) is 82.3 cm³/mol. The summed E-state index contributed by atoms with van der Waals surface area (Å²) in [6.07, 6.45) is 2.59. The third-order valence-corrected chi connectivity index (χ3v) is 3.15. The molecule has 1 heterocycles. The quantitative estimate of drug-likeness (QED) is 0.906. The first-order valence-electron chi connectivity index (χ1n) is 6.77. The largest absolute Gasteiger partial charge is 0.456 e. The summed E-state index contributed by atoms with van der Waals surface area (Å²) in [6.45, 7) is 2.05. The van der Waals surface area contributed by atoms with Crippen molar-refractivity contribution in [3.05, 3.63) is 48.3 Å². The summed E-state index contributed by atoms with van der Waals surface area (Å²) in [4.78, 5) is 6.38. The average Bonchev–Trinajstić information content (AvgIpc) is 2.47. The summed E-state index contributed by atoms with van der Waals surface area (Å²) in [7, 11) is 4.00. The number of aromatic nitrogens is 1. The van der Waals surface area contributed by atoms with Crippen LogP contribution in [-0.2, 0) is 0 Å². The Labute approximate surface area is 120 Å². The average molecular weight is 271 g/mol. The smallest absolute Gasteiger partial charge is 0.145 e. The predicted octanol–water partition coefficient (Wildman–Crippen LogP) is 3.35. The van der Waals surface area contributed by atoms with Crippen molar-refractivity contribution < 1.29 is 4.74 Å². The summed E-state index contributed by atoms with van der Waals surface area (Å²) >= 11 is 0. The number of pyridine rings is 1. The maximum atomic E-state index is 5.94. The highest BCUT2D eigenvalue weighted by Crippen LogP contribution is 2.25. The van der Waals surface area contributed by atoms with Crippen LogP contribution in [0.3, 0.4) is 0 Å². The van der Waals surface area contributed by atoms with Crippen molar-refractivity contribution in [1.29, 1.82) is 0 Å². The number of rotatable bonds is 5. The second kappa shape index (κ2) is 6.39. The van der Waals surface area contributed by atoms with Crippen molar-refractivity contribution in [3.63, 3.8) is 0 Å². The van der Waals surface area contributed by atoms with Gasteiger partial charge in [-0.25, -0.2) is 0 Å². The van der Waals surface area contributed by atoms with Gasteiger partial charge >= 0.3 is 0 Å². The Morgan fingerprint density at radius 3 is 2.60 bits per heavy atom. The van der Waals surface area contributed by atoms with Crippen LogP contribution in [0.1, 0.15) is 25.1 Å². The molecule has 0 fully saturated rings. The number of anilines is 1. The summed E-state index contributed by atoms with van der Waals surface area (Å²) in [6, 6.07) is 11.7. The third-order valence-electron chi connectivity index (χ3n) is 3.15. The highest BCUT2D eigenvalue weighted by molar-refractivity contribution is 5.50. The summed E-state index contributed by atoms with van der Waals surface area (Å²) in [5.41, 5.74) is 7.93. The highest BCUT2D eigenvalue weighted by Gasteiger charge is 2.05. The fraction of sp³-hybridized carbons (Fsp3) is 0.312. The minimum atomic E-state index is -0.0129. The molecule has 1 aromatic carbocycles. The zero-order chi connectivity index (χ0) is 14.5. The normalized spacial score (nSPS) is 12.0. The van der Waals surface area contributed by atoms with E-state index in [2.05, 4.69) is 4.98 Å². The van der Waals surface area contributed by atoms with Crippen LogP contribution in [0.25, 0.3) is 0 Å². The molecule has 20 heavy (non-hydrogen) atoms. The van der Waals surface area contributed by atoms with Gasteiger partial charge in [0.05, 0.1) is 11.9 Å². The molecular weight excluding hydrogens is 250 g/mol. The van der Waals surface area contributed by atoms with Crippen molar-refractivity contribution >= 4 is 5.69 Å². The topological polar surface area (TPSA) is 51.4 Å². The van der Waals surface area contributed by atoms with Crippen LogP contribution in [-0.4, -0.2) is 19.1 Å². The van der Waals surface area contributed by atoms with Crippen LogP contribution >= 0.6 is 0 Å². The lowest BCUT2D eigenvalue weighted by Crippen LogP contribution is -2.10. The molecule has 1 aromatic heterocycles. The standard InChI is InChI=1S/C16H21N3O/c1-4-15(17)16-9-8-14(11-18-16)20-13-7-5-6-12(10-13)19(2)3/h5-11,15H,4,17H2,1-3H3. The van der Waals surface area contributed by atoms with Gasteiger partial charge in [0.15, 0.2) is 0 Å². The zero-order valence-electron chi connectivity index (χ0n) is 12.2. The van der Waals surface area contributed by atoms with Gasteiger partial charge in [0.2, 0.25) is 0 Å². The molecule has 0 saturated heterocycles. The molecule has 0 radical (unpaired) electrons. The van der Waals surface area contributed by atoms with Crippen molar-refractivity contribution in [2.75, 3.05) is 19.0 Å². The van der Waals surface area contributed by atoms with Crippen molar-refractivity contribution in [1.82, 2.24) is 4.98 Å². The van der Waals surface area contributed by atoms with E-state index in [0.717, 1.165) is 23.6 Å². The molecule has 2 rings (SSSR count). The first-order chi connectivity index (χ1) is 9.60. The molecular formula is C16H21N3O. The van der Waals surface area contributed by atoms with E-state index in [1.807, 2.05) is 62.3 Å². The van der Waals surface area contributed by atoms with Gasteiger partial charge in [0, 0.05) is 31.9 Å². The van der Waals surface area contributed by atoms with Crippen LogP contribution in [0.5, 0.6) is 11.5 Å². The van der Waals surface area contributed by atoms with E-state index in [4.69, 9.17) is 10.5 Å². The van der Waals surface area contributed by atoms with Crippen LogP contribution in [0.4, 0.5) is 5.69 Å². The second-order valence-electron chi connectivity index (χ2n) is 4.93. The minimum absolute atomic E-state index is 0.0129. The molecule has 0 aliphatic carbocycles. The van der Waals surface area contributed by atoms with E-state index in [0.29, 0.717) is 5.75 Å². The first kappa shape index (κ1) is 14.3. The summed E-state index contributed by atoms with van der Waals surface area (Å²) in [5, 5.41) is 0. The number of hydrogen-bond donors (Lipinski definition) is 1. The van der Waals surface area contributed by atoms with E-state index >= 15 is 0 Å². The van der Waals surface area contributed by atoms with Gasteiger partial charge < -0.3 is 15.4 Å². The first-order valence-corrected chi connectivity index (χ1v) is 6.77. The fourth-order valence-corrected chi connectivity index (χ4v) is 1.84. The van der Waals surface area contributed by atoms with Crippen LogP contribution < -0.4 is 15.4 Å². The lowest BCUT2D eigenvalue weighted by atomic mass is 10.1. The maximum Gasteiger partial charge on any atom is 0.145 e. The molecule has 1 unspecified atom stereocenters. The Balaban J connectivity index is 2.12. The monoisotopic (exact) mass is 271 g/mol. The lowest BCUT2D eigenvalue weighted by molar-refractivity contribution is 0.479. The highest BCUT2D eigenvalue weighted by atomic mass is 16.5. The molecule has 0 bridgehead atoms. The van der Waals surface area contributed by atoms with Crippen LogP contribution in [0, 0.1) is 0 Å². The molecule has 0 spiro atoms. The van der Waals surface area contributed by atoms with Gasteiger partial charge in [-0.05, 0) is 30.7 Å². The SMILES string of the molecule is CCC(N)c1ccc(Oc2cccc(N(C)C)c2)cn1. The number of nitrogens with two attached hydrogens (primary N) is 1. The van der Waals surface area contributed by atoms with Crippen molar-refractivity contribution in [2.24, 2.45) is 5.73 Å². The van der Waals surface area contributed by atoms with Crippen molar-refractivity contribution in [3.8, 4) is 11.5 Å². The molecule has 4 nitrogen and oxygen atoms in total. The molecule has 2 N–H and O–H groups in total. The number of nitrogens with zero attached hydrogens (tertiary/aromatic N) is 2. The Morgan fingerprint density at radius 1 is 1.20 bits per heavy atom. The Hall–Kier alpha value is -2.07. The number of hydrogen-bond acceptors (Lipinski definition) is 4. The number of ether oxygens (including phenoxy) is 1. The fourth-order valence-electron chi connectivity index (χ4n) is 1.84. The van der Waals surface area contributed by atoms with Crippen LogP contribution in [0.15, 0.2) is 42.6 Å². The Morgan fingerprint density at radius 2 is 2.00 bits per heavy atom. The van der Waals surface area contributed by atoms with Crippen LogP contribution in [0.2, 0.25) is 0 Å². The lowest BCUT2D eigenvalue weighted by Gasteiger charge is -2.14. The Bertz CT molecular complexity index is 552. The minimum Gasteiger partial charge on any atom is -0.456 e. The summed E-state index contributed by atoms with van der Waals surface area (Å²) in [5.74, 6) is 1.51. The molecule has 0 aliphatic heterocycles. The van der Waals surface area contributed by atoms with Gasteiger partial charge in [-0.15, -0.1) is 0 Å². The summed E-state index contributed by atoms with van der Waals surface area (Å²) < 4.78 is 5.81. The molecule has 4 heteroatoms. The second-order valence-corrected chi connectivity index (χ2v) is 4.93. The van der Waals surface area contributed by atoms with E-state index in [1.54, 1.807) is 6.20 Å². The van der Waals surface area contributed by atoms with Gasteiger partial charge in [0.25, 0.3) is 0 Å². The molecule has 0 saturated carbocycles. The van der Waals surface area contributed by atoms with E-state index in [-0.39, 0.29) is 6.04 Å². The number of benzene rings is 1. The molecule has 1 atom stereocenters. The van der Waals surface area contributed by atoms with E-state index in [9.17, 15) is 0 Å². The van der Waals surface area contributed by atoms with Gasteiger partial charge in [-0.2, -0.15) is 0 Å². The molecule has 0 amide bonds. The third kappa shape index (κ3) is 3.48. The van der Waals surface area contributed by atoms with E-state index < -0.39 is 0 Å². The zero-order valence-corrected chi connectivity index (χ0v) is 12.2. The molecule has 2 aromatic rings.